The lowest BCUT2D eigenvalue weighted by atomic mass is 10.0. The molecule has 122 valence electrons. The first-order valence-corrected chi connectivity index (χ1v) is 8.38. The molecule has 0 saturated carbocycles. The average Bonchev–Trinajstić information content (AvgIpc) is 3.01. The molecule has 0 unspecified atom stereocenters. The van der Waals surface area contributed by atoms with Gasteiger partial charge in [0, 0.05) is 6.54 Å². The van der Waals surface area contributed by atoms with E-state index in [-0.39, 0.29) is 11.8 Å². The summed E-state index contributed by atoms with van der Waals surface area (Å²) >= 11 is 1.35. The van der Waals surface area contributed by atoms with Crippen LogP contribution >= 0.6 is 11.3 Å². The van der Waals surface area contributed by atoms with Gasteiger partial charge in [-0.25, -0.2) is 0 Å². The minimum Gasteiger partial charge on any atom is -0.350 e. The Balaban J connectivity index is 1.98. The van der Waals surface area contributed by atoms with Crippen molar-refractivity contribution in [3.05, 3.63) is 57.3 Å². The smallest absolute Gasteiger partial charge is 0.262 e. The maximum Gasteiger partial charge on any atom is 0.262 e. The molecule has 0 aliphatic heterocycles. The molecule has 2 rings (SSSR count). The molecule has 0 saturated heterocycles. The van der Waals surface area contributed by atoms with Crippen molar-refractivity contribution in [2.24, 2.45) is 0 Å². The minimum atomic E-state index is -0.973. The number of carbonyl (C=O) groups excluding carboxylic acids is 2. The SMILES string of the molecule is Cc1ccc(C)c(CNC(=O)C(C)(C)NC(=O)c2cccs2)c1. The summed E-state index contributed by atoms with van der Waals surface area (Å²) in [4.78, 5) is 25.1. The maximum atomic E-state index is 12.4. The highest BCUT2D eigenvalue weighted by molar-refractivity contribution is 7.12. The predicted octanol–water partition coefficient (Wildman–Crippen LogP) is 3.19. The predicted molar refractivity (Wildman–Crippen MR) is 93.6 cm³/mol. The van der Waals surface area contributed by atoms with Crippen molar-refractivity contribution < 1.29 is 9.59 Å². The van der Waals surface area contributed by atoms with Crippen molar-refractivity contribution in [3.8, 4) is 0 Å². The molecule has 0 aliphatic carbocycles. The van der Waals surface area contributed by atoms with E-state index in [0.717, 1.165) is 16.7 Å². The first kappa shape index (κ1) is 17.2. The van der Waals surface area contributed by atoms with Crippen LogP contribution in [0.25, 0.3) is 0 Å². The monoisotopic (exact) mass is 330 g/mol. The molecule has 4 nitrogen and oxygen atoms in total. The first-order chi connectivity index (χ1) is 10.8. The van der Waals surface area contributed by atoms with Crippen molar-refractivity contribution in [2.45, 2.75) is 39.8 Å². The number of amides is 2. The zero-order valence-corrected chi connectivity index (χ0v) is 14.7. The molecule has 0 bridgehead atoms. The Morgan fingerprint density at radius 1 is 1.17 bits per heavy atom. The van der Waals surface area contributed by atoms with Crippen LogP contribution < -0.4 is 10.6 Å². The molecule has 0 fully saturated rings. The van der Waals surface area contributed by atoms with Gasteiger partial charge in [0.15, 0.2) is 0 Å². The van der Waals surface area contributed by atoms with Crippen LogP contribution in [-0.2, 0) is 11.3 Å². The van der Waals surface area contributed by atoms with Gasteiger partial charge in [-0.1, -0.05) is 29.8 Å². The second-order valence-electron chi connectivity index (χ2n) is 6.17. The van der Waals surface area contributed by atoms with Gasteiger partial charge >= 0.3 is 0 Å². The van der Waals surface area contributed by atoms with Gasteiger partial charge in [-0.3, -0.25) is 9.59 Å². The normalized spacial score (nSPS) is 11.1. The van der Waals surface area contributed by atoms with Crippen molar-refractivity contribution in [1.29, 1.82) is 0 Å². The van der Waals surface area contributed by atoms with Crippen molar-refractivity contribution >= 4 is 23.2 Å². The molecular weight excluding hydrogens is 308 g/mol. The number of hydrogen-bond acceptors (Lipinski definition) is 3. The lowest BCUT2D eigenvalue weighted by molar-refractivity contribution is -0.126. The van der Waals surface area contributed by atoms with E-state index < -0.39 is 5.54 Å². The molecule has 2 aromatic rings. The average molecular weight is 330 g/mol. The Labute approximate surface area is 140 Å². The fourth-order valence-electron chi connectivity index (χ4n) is 2.20. The number of nitrogens with one attached hydrogen (secondary N) is 2. The van der Waals surface area contributed by atoms with Crippen molar-refractivity contribution in [2.75, 3.05) is 0 Å². The maximum absolute atomic E-state index is 12.4. The summed E-state index contributed by atoms with van der Waals surface area (Å²) in [5.74, 6) is -0.435. The molecule has 0 aliphatic rings. The highest BCUT2D eigenvalue weighted by Gasteiger charge is 2.29. The minimum absolute atomic E-state index is 0.205. The van der Waals surface area contributed by atoms with Crippen LogP contribution in [0.1, 0.15) is 40.2 Å². The molecule has 1 aromatic heterocycles. The van der Waals surface area contributed by atoms with E-state index in [1.54, 1.807) is 19.9 Å². The van der Waals surface area contributed by atoms with Crippen LogP contribution in [0.3, 0.4) is 0 Å². The van der Waals surface area contributed by atoms with Gasteiger partial charge in [-0.05, 0) is 50.3 Å². The van der Waals surface area contributed by atoms with Crippen LogP contribution in [0.15, 0.2) is 35.7 Å². The zero-order chi connectivity index (χ0) is 17.0. The Morgan fingerprint density at radius 3 is 2.57 bits per heavy atom. The van der Waals surface area contributed by atoms with E-state index in [1.165, 1.54) is 11.3 Å². The third-order valence-electron chi connectivity index (χ3n) is 3.68. The zero-order valence-electron chi connectivity index (χ0n) is 13.9. The van der Waals surface area contributed by atoms with Crippen LogP contribution in [0.4, 0.5) is 0 Å². The van der Waals surface area contributed by atoms with Crippen LogP contribution in [-0.4, -0.2) is 17.4 Å². The fraction of sp³-hybridized carbons (Fsp3) is 0.333. The Morgan fingerprint density at radius 2 is 1.91 bits per heavy atom. The van der Waals surface area contributed by atoms with Gasteiger partial charge in [0.1, 0.15) is 5.54 Å². The Bertz CT molecular complexity index is 706. The van der Waals surface area contributed by atoms with Gasteiger partial charge in [-0.2, -0.15) is 0 Å². The third-order valence-corrected chi connectivity index (χ3v) is 4.55. The molecule has 5 heteroatoms. The van der Waals surface area contributed by atoms with Gasteiger partial charge in [0.05, 0.1) is 4.88 Å². The van der Waals surface area contributed by atoms with Crippen molar-refractivity contribution in [3.63, 3.8) is 0 Å². The summed E-state index contributed by atoms with van der Waals surface area (Å²) in [5.41, 5.74) is 2.40. The van der Waals surface area contributed by atoms with Crippen LogP contribution in [0, 0.1) is 13.8 Å². The second-order valence-corrected chi connectivity index (χ2v) is 7.12. The number of aryl methyl sites for hydroxylation is 2. The molecule has 1 heterocycles. The van der Waals surface area contributed by atoms with Gasteiger partial charge in [-0.15, -0.1) is 11.3 Å². The van der Waals surface area contributed by atoms with Gasteiger partial charge in [0.25, 0.3) is 5.91 Å². The lowest BCUT2D eigenvalue weighted by Crippen LogP contribution is -2.54. The summed E-state index contributed by atoms with van der Waals surface area (Å²) in [5, 5.41) is 7.52. The van der Waals surface area contributed by atoms with E-state index in [0.29, 0.717) is 11.4 Å². The van der Waals surface area contributed by atoms with E-state index in [4.69, 9.17) is 0 Å². The summed E-state index contributed by atoms with van der Waals surface area (Å²) in [6.07, 6.45) is 0. The van der Waals surface area contributed by atoms with E-state index >= 15 is 0 Å². The molecule has 1 aromatic carbocycles. The summed E-state index contributed by atoms with van der Waals surface area (Å²) in [6.45, 7) is 7.90. The molecule has 0 radical (unpaired) electrons. The highest BCUT2D eigenvalue weighted by atomic mass is 32.1. The lowest BCUT2D eigenvalue weighted by Gasteiger charge is -2.25. The number of benzene rings is 1. The fourth-order valence-corrected chi connectivity index (χ4v) is 2.82. The summed E-state index contributed by atoms with van der Waals surface area (Å²) < 4.78 is 0. The van der Waals surface area contributed by atoms with Crippen LogP contribution in [0.2, 0.25) is 0 Å². The molecule has 0 atom stereocenters. The molecule has 2 amide bonds. The van der Waals surface area contributed by atoms with Crippen molar-refractivity contribution in [1.82, 2.24) is 10.6 Å². The Hall–Kier alpha value is -2.14. The highest BCUT2D eigenvalue weighted by Crippen LogP contribution is 2.13. The number of thiophene rings is 1. The summed E-state index contributed by atoms with van der Waals surface area (Å²) in [6, 6.07) is 9.70. The number of rotatable bonds is 5. The van der Waals surface area contributed by atoms with Crippen LogP contribution in [0.5, 0.6) is 0 Å². The topological polar surface area (TPSA) is 58.2 Å². The number of carbonyl (C=O) groups is 2. The molecule has 2 N–H and O–H groups in total. The second kappa shape index (κ2) is 6.96. The third kappa shape index (κ3) is 4.42. The van der Waals surface area contributed by atoms with E-state index in [2.05, 4.69) is 16.7 Å². The summed E-state index contributed by atoms with van der Waals surface area (Å²) in [7, 11) is 0. The van der Waals surface area contributed by atoms with Gasteiger partial charge in [0.2, 0.25) is 5.91 Å². The van der Waals surface area contributed by atoms with E-state index in [9.17, 15) is 9.59 Å². The van der Waals surface area contributed by atoms with Gasteiger partial charge < -0.3 is 10.6 Å². The Kier molecular flexibility index (Phi) is 5.21. The standard InChI is InChI=1S/C18H22N2O2S/c1-12-7-8-13(2)14(10-12)11-19-17(22)18(3,4)20-16(21)15-6-5-9-23-15/h5-10H,11H2,1-4H3,(H,19,22)(H,20,21). The molecule has 0 spiro atoms. The number of hydrogen-bond donors (Lipinski definition) is 2. The molecule has 23 heavy (non-hydrogen) atoms. The molecular formula is C18H22N2O2S. The van der Waals surface area contributed by atoms with E-state index in [1.807, 2.05) is 37.4 Å². The largest absolute Gasteiger partial charge is 0.350 e. The first-order valence-electron chi connectivity index (χ1n) is 7.50. The quantitative estimate of drug-likeness (QED) is 0.884.